The average Bonchev–Trinajstić information content (AvgIpc) is 2.51. The number of ether oxygens (including phenoxy) is 2. The van der Waals surface area contributed by atoms with E-state index in [1.54, 1.807) is 4.90 Å². The summed E-state index contributed by atoms with van der Waals surface area (Å²) in [6.45, 7) is 2.34. The van der Waals surface area contributed by atoms with Gasteiger partial charge in [-0.3, -0.25) is 9.79 Å². The van der Waals surface area contributed by atoms with Crippen molar-refractivity contribution in [2.24, 2.45) is 22.6 Å². The number of nitrogens with zero attached hydrogens (tertiary/aromatic N) is 2. The average molecular weight is 349 g/mol. The molecule has 2 fully saturated rings. The number of alkyl halides is 3. The maximum atomic E-state index is 12.6. The fourth-order valence-electron chi connectivity index (χ4n) is 2.76. The Morgan fingerprint density at radius 1 is 1.38 bits per heavy atom. The molecule has 6 nitrogen and oxygen atoms in total. The number of morpholine rings is 1. The van der Waals surface area contributed by atoms with Crippen molar-refractivity contribution >= 4 is 11.6 Å². The van der Waals surface area contributed by atoms with Crippen molar-refractivity contribution in [3.8, 4) is 0 Å². The maximum absolute atomic E-state index is 12.6. The first kappa shape index (κ1) is 18.6. The second-order valence-corrected chi connectivity index (χ2v) is 5.85. The zero-order valence-electron chi connectivity index (χ0n) is 13.5. The summed E-state index contributed by atoms with van der Waals surface area (Å²) < 4.78 is 48.2. The number of rotatable bonds is 5. The Labute approximate surface area is 138 Å². The van der Waals surface area contributed by atoms with Crippen LogP contribution < -0.4 is 5.73 Å². The molecule has 1 aliphatic heterocycles. The molecule has 2 N–H and O–H groups in total. The number of carbonyl (C=O) groups is 1. The highest BCUT2D eigenvalue weighted by molar-refractivity contribution is 5.99. The molecule has 0 aromatic heterocycles. The van der Waals surface area contributed by atoms with Crippen LogP contribution in [0.3, 0.4) is 0 Å². The molecule has 9 heteroatoms. The van der Waals surface area contributed by atoms with E-state index in [2.05, 4.69) is 4.99 Å². The molecule has 0 unspecified atom stereocenters. The number of aliphatic imine (C=N–C) groups is 1. The van der Waals surface area contributed by atoms with Gasteiger partial charge in [0.2, 0.25) is 5.91 Å². The van der Waals surface area contributed by atoms with E-state index in [1.165, 1.54) is 0 Å². The first-order valence-corrected chi connectivity index (χ1v) is 7.83. The molecule has 0 aromatic rings. The van der Waals surface area contributed by atoms with Crippen molar-refractivity contribution in [3.63, 3.8) is 0 Å². The summed E-state index contributed by atoms with van der Waals surface area (Å²) in [6.07, 6.45) is -2.36. The van der Waals surface area contributed by atoms with Crippen LogP contribution in [0.2, 0.25) is 0 Å². The number of amides is 1. The SMILES string of the molecule is CN=C(C=C(N)OC[C@@H]1CC[C@@H]1C(=O)N1CCOCC1)C(F)(F)F. The Kier molecular flexibility index (Phi) is 6.09. The van der Waals surface area contributed by atoms with Gasteiger partial charge in [-0.1, -0.05) is 0 Å². The molecule has 0 aromatic carbocycles. The topological polar surface area (TPSA) is 77.2 Å². The lowest BCUT2D eigenvalue weighted by molar-refractivity contribution is -0.146. The van der Waals surface area contributed by atoms with Crippen molar-refractivity contribution in [2.75, 3.05) is 40.0 Å². The molecule has 0 spiro atoms. The Bertz CT molecular complexity index is 514. The van der Waals surface area contributed by atoms with E-state index < -0.39 is 11.9 Å². The van der Waals surface area contributed by atoms with Gasteiger partial charge in [-0.2, -0.15) is 13.2 Å². The van der Waals surface area contributed by atoms with E-state index in [9.17, 15) is 18.0 Å². The van der Waals surface area contributed by atoms with Crippen LogP contribution >= 0.6 is 0 Å². The van der Waals surface area contributed by atoms with Gasteiger partial charge in [-0.25, -0.2) is 0 Å². The van der Waals surface area contributed by atoms with Crippen LogP contribution in [-0.4, -0.2) is 62.7 Å². The van der Waals surface area contributed by atoms with Crippen molar-refractivity contribution < 1.29 is 27.4 Å². The van der Waals surface area contributed by atoms with E-state index in [0.717, 1.165) is 19.9 Å². The lowest BCUT2D eigenvalue weighted by Gasteiger charge is -2.39. The minimum atomic E-state index is -4.58. The van der Waals surface area contributed by atoms with Gasteiger partial charge in [-0.15, -0.1) is 0 Å². The Balaban J connectivity index is 1.84. The highest BCUT2D eigenvalue weighted by Crippen LogP contribution is 2.36. The summed E-state index contributed by atoms with van der Waals surface area (Å²) in [5.41, 5.74) is 4.38. The molecule has 2 rings (SSSR count). The summed E-state index contributed by atoms with van der Waals surface area (Å²) in [6, 6.07) is 0. The molecule has 0 radical (unpaired) electrons. The van der Waals surface area contributed by atoms with Crippen molar-refractivity contribution in [1.29, 1.82) is 0 Å². The predicted molar refractivity (Wildman–Crippen MR) is 81.2 cm³/mol. The molecule has 1 heterocycles. The molecule has 1 amide bonds. The van der Waals surface area contributed by atoms with Crippen LogP contribution in [0.4, 0.5) is 13.2 Å². The van der Waals surface area contributed by atoms with Gasteiger partial charge in [0.15, 0.2) is 5.88 Å². The normalized spacial score (nSPS) is 26.1. The largest absolute Gasteiger partial charge is 0.479 e. The smallest absolute Gasteiger partial charge is 0.433 e. The molecule has 1 saturated heterocycles. The Morgan fingerprint density at radius 2 is 2.04 bits per heavy atom. The first-order valence-electron chi connectivity index (χ1n) is 7.83. The van der Waals surface area contributed by atoms with Gasteiger partial charge in [0, 0.05) is 38.0 Å². The Morgan fingerprint density at radius 3 is 2.54 bits per heavy atom. The van der Waals surface area contributed by atoms with Gasteiger partial charge in [-0.05, 0) is 12.8 Å². The third kappa shape index (κ3) is 4.62. The minimum absolute atomic E-state index is 0.0276. The minimum Gasteiger partial charge on any atom is -0.479 e. The van der Waals surface area contributed by atoms with Crippen LogP contribution in [0, 0.1) is 11.8 Å². The van der Waals surface area contributed by atoms with Gasteiger partial charge in [0.25, 0.3) is 0 Å². The highest BCUT2D eigenvalue weighted by atomic mass is 19.4. The molecular weight excluding hydrogens is 327 g/mol. The highest BCUT2D eigenvalue weighted by Gasteiger charge is 2.39. The predicted octanol–water partition coefficient (Wildman–Crippen LogP) is 1.32. The summed E-state index contributed by atoms with van der Waals surface area (Å²) in [7, 11) is 1.04. The molecule has 2 aliphatic rings. The number of allylic oxidation sites excluding steroid dienone is 1. The number of hydrogen-bond donors (Lipinski definition) is 1. The lowest BCUT2D eigenvalue weighted by atomic mass is 9.73. The summed E-state index contributed by atoms with van der Waals surface area (Å²) in [4.78, 5) is 17.3. The van der Waals surface area contributed by atoms with E-state index >= 15 is 0 Å². The van der Waals surface area contributed by atoms with Crippen LogP contribution in [0.15, 0.2) is 17.0 Å². The maximum Gasteiger partial charge on any atom is 0.433 e. The third-order valence-corrected chi connectivity index (χ3v) is 4.33. The van der Waals surface area contributed by atoms with Crippen LogP contribution in [-0.2, 0) is 14.3 Å². The molecular formula is C15H22F3N3O3. The second-order valence-electron chi connectivity index (χ2n) is 5.85. The molecule has 136 valence electrons. The van der Waals surface area contributed by atoms with Crippen LogP contribution in [0.25, 0.3) is 0 Å². The van der Waals surface area contributed by atoms with E-state index in [1.807, 2.05) is 0 Å². The quantitative estimate of drug-likeness (QED) is 0.600. The number of nitrogens with two attached hydrogens (primary N) is 1. The van der Waals surface area contributed by atoms with Crippen molar-refractivity contribution in [2.45, 2.75) is 19.0 Å². The molecule has 0 bridgehead atoms. The van der Waals surface area contributed by atoms with Crippen molar-refractivity contribution in [1.82, 2.24) is 4.90 Å². The first-order chi connectivity index (χ1) is 11.3. The molecule has 24 heavy (non-hydrogen) atoms. The van der Waals surface area contributed by atoms with Crippen LogP contribution in [0.1, 0.15) is 12.8 Å². The standard InChI is InChI=1S/C15H22F3N3O3/c1-20-12(15(16,17)18)8-13(19)24-9-10-2-3-11(10)14(22)21-4-6-23-7-5-21/h8,10-11H,2-7,9,19H2,1H3/t10-,11-/m0/s1. The zero-order valence-corrected chi connectivity index (χ0v) is 13.5. The van der Waals surface area contributed by atoms with E-state index in [0.29, 0.717) is 32.4 Å². The molecule has 2 atom stereocenters. The summed E-state index contributed by atoms with van der Waals surface area (Å²) >= 11 is 0. The monoisotopic (exact) mass is 349 g/mol. The summed E-state index contributed by atoms with van der Waals surface area (Å²) in [5, 5.41) is 0. The van der Waals surface area contributed by atoms with E-state index in [-0.39, 0.29) is 30.2 Å². The Hall–Kier alpha value is -1.77. The molecule has 1 saturated carbocycles. The fourth-order valence-corrected chi connectivity index (χ4v) is 2.76. The number of halogens is 3. The third-order valence-electron chi connectivity index (χ3n) is 4.33. The summed E-state index contributed by atoms with van der Waals surface area (Å²) in [5.74, 6) is -0.470. The fraction of sp³-hybridized carbons (Fsp3) is 0.733. The van der Waals surface area contributed by atoms with E-state index in [4.69, 9.17) is 15.2 Å². The second kappa shape index (κ2) is 7.87. The number of hydrogen-bond acceptors (Lipinski definition) is 5. The van der Waals surface area contributed by atoms with Gasteiger partial charge < -0.3 is 20.1 Å². The van der Waals surface area contributed by atoms with Crippen molar-refractivity contribution in [3.05, 3.63) is 12.0 Å². The zero-order chi connectivity index (χ0) is 17.7. The number of carbonyl (C=O) groups excluding carboxylic acids is 1. The molecule has 1 aliphatic carbocycles. The van der Waals surface area contributed by atoms with Gasteiger partial charge >= 0.3 is 6.18 Å². The van der Waals surface area contributed by atoms with Gasteiger partial charge in [0.05, 0.1) is 19.8 Å². The lowest BCUT2D eigenvalue weighted by Crippen LogP contribution is -2.49. The van der Waals surface area contributed by atoms with Crippen LogP contribution in [0.5, 0.6) is 0 Å². The van der Waals surface area contributed by atoms with Gasteiger partial charge in [0.1, 0.15) is 5.71 Å².